The van der Waals surface area contributed by atoms with Crippen molar-refractivity contribution in [2.24, 2.45) is 17.8 Å². The lowest BCUT2D eigenvalue weighted by molar-refractivity contribution is 0.161. The highest BCUT2D eigenvalue weighted by molar-refractivity contribution is 4.90. The maximum Gasteiger partial charge on any atom is 0.0124 e. The first kappa shape index (κ1) is 13.9. The normalized spacial score (nSPS) is 38.1. The molecule has 0 bridgehead atoms. The van der Waals surface area contributed by atoms with Gasteiger partial charge in [0.2, 0.25) is 0 Å². The molecule has 19 heavy (non-hydrogen) atoms. The van der Waals surface area contributed by atoms with Crippen LogP contribution < -0.4 is 5.32 Å². The van der Waals surface area contributed by atoms with Gasteiger partial charge in [0, 0.05) is 6.04 Å². The van der Waals surface area contributed by atoms with Crippen molar-refractivity contribution in [2.75, 3.05) is 26.2 Å². The Morgan fingerprint density at radius 2 is 2.00 bits per heavy atom. The average molecular weight is 264 g/mol. The van der Waals surface area contributed by atoms with Crippen molar-refractivity contribution in [2.45, 2.75) is 64.3 Å². The molecule has 1 N–H and O–H groups in total. The fraction of sp³-hybridized carbons (Fsp3) is 1.00. The maximum absolute atomic E-state index is 3.58. The number of likely N-dealkylation sites (tertiary alicyclic amines) is 1. The molecule has 3 aliphatic rings. The van der Waals surface area contributed by atoms with Gasteiger partial charge in [0.25, 0.3) is 0 Å². The molecule has 0 amide bonds. The number of nitrogens with zero attached hydrogens (tertiary/aromatic N) is 1. The number of piperidine rings is 1. The van der Waals surface area contributed by atoms with Crippen molar-refractivity contribution in [3.8, 4) is 0 Å². The van der Waals surface area contributed by atoms with E-state index in [4.69, 9.17) is 0 Å². The molecule has 2 nitrogen and oxygen atoms in total. The molecule has 0 radical (unpaired) electrons. The van der Waals surface area contributed by atoms with E-state index in [2.05, 4.69) is 17.1 Å². The first-order chi connectivity index (χ1) is 9.34. The Balaban J connectivity index is 1.43. The topological polar surface area (TPSA) is 15.3 Å². The van der Waals surface area contributed by atoms with Gasteiger partial charge in [-0.25, -0.2) is 0 Å². The van der Waals surface area contributed by atoms with Crippen LogP contribution in [0.3, 0.4) is 0 Å². The zero-order chi connectivity index (χ0) is 13.1. The third kappa shape index (κ3) is 3.33. The molecule has 4 unspecified atom stereocenters. The minimum atomic E-state index is 0.912. The lowest BCUT2D eigenvalue weighted by Crippen LogP contribution is -2.38. The lowest BCUT2D eigenvalue weighted by Gasteiger charge is -2.34. The summed E-state index contributed by atoms with van der Waals surface area (Å²) in [6.45, 7) is 7.78. The Labute approximate surface area is 119 Å². The van der Waals surface area contributed by atoms with Crippen molar-refractivity contribution >= 4 is 0 Å². The lowest BCUT2D eigenvalue weighted by atomic mass is 9.84. The summed E-state index contributed by atoms with van der Waals surface area (Å²) in [6, 6.07) is 0.963. The first-order valence-electron chi connectivity index (χ1n) is 8.79. The predicted octanol–water partition coefficient (Wildman–Crippen LogP) is 3.28. The van der Waals surface area contributed by atoms with Crippen LogP contribution >= 0.6 is 0 Å². The molecular formula is C17H32N2. The van der Waals surface area contributed by atoms with Crippen LogP contribution in [0.15, 0.2) is 0 Å². The van der Waals surface area contributed by atoms with Gasteiger partial charge in [0.1, 0.15) is 0 Å². The number of hydrogen-bond donors (Lipinski definition) is 1. The number of fused-ring (bicyclic) bond motifs is 1. The molecular weight excluding hydrogens is 232 g/mol. The summed E-state index contributed by atoms with van der Waals surface area (Å²) < 4.78 is 0. The van der Waals surface area contributed by atoms with E-state index >= 15 is 0 Å². The quantitative estimate of drug-likeness (QED) is 0.838. The fourth-order valence-electron chi connectivity index (χ4n) is 4.75. The third-order valence-corrected chi connectivity index (χ3v) is 6.14. The summed E-state index contributed by atoms with van der Waals surface area (Å²) in [5.41, 5.74) is 0. The molecule has 3 fully saturated rings. The van der Waals surface area contributed by atoms with Crippen LogP contribution in [0.4, 0.5) is 0 Å². The van der Waals surface area contributed by atoms with Crippen LogP contribution in [0.2, 0.25) is 0 Å². The van der Waals surface area contributed by atoms with Gasteiger partial charge < -0.3 is 10.2 Å². The van der Waals surface area contributed by atoms with E-state index in [9.17, 15) is 0 Å². The molecule has 0 spiro atoms. The van der Waals surface area contributed by atoms with Gasteiger partial charge >= 0.3 is 0 Å². The molecule has 2 heteroatoms. The number of rotatable bonds is 4. The Morgan fingerprint density at radius 3 is 2.84 bits per heavy atom. The van der Waals surface area contributed by atoms with Crippen molar-refractivity contribution < 1.29 is 0 Å². The summed E-state index contributed by atoms with van der Waals surface area (Å²) in [6.07, 6.45) is 11.8. The van der Waals surface area contributed by atoms with Crippen LogP contribution in [0.1, 0.15) is 58.3 Å². The minimum Gasteiger partial charge on any atom is -0.316 e. The second kappa shape index (κ2) is 6.58. The van der Waals surface area contributed by atoms with Crippen LogP contribution in [-0.4, -0.2) is 37.1 Å². The molecule has 2 heterocycles. The molecule has 0 aromatic carbocycles. The maximum atomic E-state index is 3.58. The van der Waals surface area contributed by atoms with E-state index in [1.54, 1.807) is 0 Å². The zero-order valence-electron chi connectivity index (χ0n) is 12.7. The fourth-order valence-corrected chi connectivity index (χ4v) is 4.75. The Hall–Kier alpha value is -0.0800. The minimum absolute atomic E-state index is 0.912. The highest BCUT2D eigenvalue weighted by Crippen LogP contribution is 2.36. The van der Waals surface area contributed by atoms with Crippen LogP contribution in [0, 0.1) is 17.8 Å². The van der Waals surface area contributed by atoms with Crippen molar-refractivity contribution in [3.05, 3.63) is 0 Å². The Morgan fingerprint density at radius 1 is 1.11 bits per heavy atom. The van der Waals surface area contributed by atoms with Crippen LogP contribution in [0.5, 0.6) is 0 Å². The molecule has 0 aromatic rings. The molecule has 3 rings (SSSR count). The highest BCUT2D eigenvalue weighted by atomic mass is 15.2. The van der Waals surface area contributed by atoms with Crippen molar-refractivity contribution in [1.82, 2.24) is 10.2 Å². The number of nitrogens with one attached hydrogen (secondary N) is 1. The van der Waals surface area contributed by atoms with Crippen molar-refractivity contribution in [3.63, 3.8) is 0 Å². The van der Waals surface area contributed by atoms with Gasteiger partial charge in [-0.3, -0.25) is 0 Å². The van der Waals surface area contributed by atoms with Gasteiger partial charge in [-0.15, -0.1) is 0 Å². The Kier molecular flexibility index (Phi) is 4.81. The zero-order valence-corrected chi connectivity index (χ0v) is 12.7. The second-order valence-electron chi connectivity index (χ2n) is 7.31. The molecule has 2 saturated heterocycles. The molecule has 1 aliphatic carbocycles. The third-order valence-electron chi connectivity index (χ3n) is 6.14. The molecule has 110 valence electrons. The summed E-state index contributed by atoms with van der Waals surface area (Å²) in [5, 5.41) is 3.58. The SMILES string of the molecule is CC(CCN1CCC2CCCCC21)C1CCCNC1. The summed E-state index contributed by atoms with van der Waals surface area (Å²) >= 11 is 0. The largest absolute Gasteiger partial charge is 0.316 e. The van der Waals surface area contributed by atoms with Gasteiger partial charge in [-0.05, 0) is 82.5 Å². The summed E-state index contributed by atoms with van der Waals surface area (Å²) in [5.74, 6) is 2.91. The van der Waals surface area contributed by atoms with Crippen LogP contribution in [0.25, 0.3) is 0 Å². The highest BCUT2D eigenvalue weighted by Gasteiger charge is 2.35. The van der Waals surface area contributed by atoms with Crippen LogP contribution in [-0.2, 0) is 0 Å². The predicted molar refractivity (Wildman–Crippen MR) is 81.3 cm³/mol. The second-order valence-corrected chi connectivity index (χ2v) is 7.31. The van der Waals surface area contributed by atoms with E-state index in [-0.39, 0.29) is 0 Å². The molecule has 0 aromatic heterocycles. The van der Waals surface area contributed by atoms with E-state index in [1.165, 1.54) is 77.5 Å². The van der Waals surface area contributed by atoms with Crippen molar-refractivity contribution in [1.29, 1.82) is 0 Å². The summed E-state index contributed by atoms with van der Waals surface area (Å²) in [7, 11) is 0. The van der Waals surface area contributed by atoms with E-state index in [0.717, 1.165) is 23.8 Å². The van der Waals surface area contributed by atoms with E-state index < -0.39 is 0 Å². The smallest absolute Gasteiger partial charge is 0.0124 e. The van der Waals surface area contributed by atoms with Gasteiger partial charge in [0.15, 0.2) is 0 Å². The first-order valence-corrected chi connectivity index (χ1v) is 8.79. The van der Waals surface area contributed by atoms with E-state index in [1.807, 2.05) is 0 Å². The Bertz CT molecular complexity index is 272. The molecule has 1 saturated carbocycles. The number of hydrogen-bond acceptors (Lipinski definition) is 2. The monoisotopic (exact) mass is 264 g/mol. The van der Waals surface area contributed by atoms with E-state index in [0.29, 0.717) is 0 Å². The van der Waals surface area contributed by atoms with Gasteiger partial charge in [-0.1, -0.05) is 19.8 Å². The summed E-state index contributed by atoms with van der Waals surface area (Å²) in [4.78, 5) is 2.84. The molecule has 2 aliphatic heterocycles. The molecule has 4 atom stereocenters. The standard InChI is InChI=1S/C17H32N2/c1-14(16-6-4-10-18-13-16)8-11-19-12-9-15-5-2-3-7-17(15)19/h14-18H,2-13H2,1H3. The van der Waals surface area contributed by atoms with Gasteiger partial charge in [-0.2, -0.15) is 0 Å². The average Bonchev–Trinajstić information content (AvgIpc) is 2.89. The van der Waals surface area contributed by atoms with Gasteiger partial charge in [0.05, 0.1) is 0 Å².